The maximum Gasteiger partial charge on any atom is 0.115 e. The molecule has 2 rings (SSSR count). The van der Waals surface area contributed by atoms with Crippen LogP contribution in [0.2, 0.25) is 5.02 Å². The molecule has 0 amide bonds. The van der Waals surface area contributed by atoms with E-state index in [0.29, 0.717) is 6.04 Å². The molecule has 1 aliphatic rings. The van der Waals surface area contributed by atoms with Gasteiger partial charge in [-0.05, 0) is 30.9 Å². The fraction of sp³-hybridized carbons (Fsp3) is 0.643. The summed E-state index contributed by atoms with van der Waals surface area (Å²) in [6, 6.07) is 4.48. The van der Waals surface area contributed by atoms with Crippen LogP contribution < -0.4 is 5.32 Å². The summed E-state index contributed by atoms with van der Waals surface area (Å²) in [5.41, 5.74) is 0. The van der Waals surface area contributed by atoms with Crippen LogP contribution in [0.15, 0.2) is 23.4 Å². The van der Waals surface area contributed by atoms with Crippen molar-refractivity contribution in [2.75, 3.05) is 12.3 Å². The first kappa shape index (κ1) is 14.2. The van der Waals surface area contributed by atoms with Gasteiger partial charge in [0, 0.05) is 24.5 Å². The highest BCUT2D eigenvalue weighted by Gasteiger charge is 2.17. The van der Waals surface area contributed by atoms with Gasteiger partial charge in [-0.15, -0.1) is 11.8 Å². The van der Waals surface area contributed by atoms with Gasteiger partial charge in [-0.3, -0.25) is 0 Å². The number of thioether (sulfide) groups is 1. The lowest BCUT2D eigenvalue weighted by Crippen LogP contribution is -2.34. The van der Waals surface area contributed by atoms with Crippen molar-refractivity contribution in [3.8, 4) is 0 Å². The van der Waals surface area contributed by atoms with Gasteiger partial charge in [0.15, 0.2) is 0 Å². The minimum absolute atomic E-state index is 0.716. The van der Waals surface area contributed by atoms with Crippen molar-refractivity contribution < 1.29 is 0 Å². The van der Waals surface area contributed by atoms with E-state index in [1.807, 2.05) is 12.1 Å². The van der Waals surface area contributed by atoms with Crippen LogP contribution in [-0.2, 0) is 0 Å². The zero-order valence-electron chi connectivity index (χ0n) is 10.9. The van der Waals surface area contributed by atoms with Crippen molar-refractivity contribution >= 4 is 23.4 Å². The second-order valence-electron chi connectivity index (χ2n) is 5.06. The average molecular weight is 285 g/mol. The summed E-state index contributed by atoms with van der Waals surface area (Å²) in [6.45, 7) is 3.39. The predicted octanol–water partition coefficient (Wildman–Crippen LogP) is 4.00. The highest BCUT2D eigenvalue weighted by Crippen LogP contribution is 2.25. The van der Waals surface area contributed by atoms with E-state index in [-0.39, 0.29) is 0 Å². The average Bonchev–Trinajstić information content (AvgIpc) is 2.37. The second kappa shape index (κ2) is 7.37. The van der Waals surface area contributed by atoms with E-state index in [9.17, 15) is 0 Å². The minimum Gasteiger partial charge on any atom is -0.313 e. The Balaban J connectivity index is 1.65. The molecule has 2 unspecified atom stereocenters. The van der Waals surface area contributed by atoms with Crippen LogP contribution in [0, 0.1) is 5.92 Å². The number of halogens is 1. The maximum absolute atomic E-state index is 6.07. The SMILES string of the molecule is CC1CCCC(NCCSc2ncccc2Cl)C1. The lowest BCUT2D eigenvalue weighted by atomic mass is 9.87. The molecule has 1 heterocycles. The quantitative estimate of drug-likeness (QED) is 0.654. The Morgan fingerprint density at radius 2 is 2.39 bits per heavy atom. The summed E-state index contributed by atoms with van der Waals surface area (Å²) in [7, 11) is 0. The molecule has 1 fully saturated rings. The first-order valence-corrected chi connectivity index (χ1v) is 8.09. The molecule has 1 aromatic rings. The second-order valence-corrected chi connectivity index (χ2v) is 6.55. The van der Waals surface area contributed by atoms with Gasteiger partial charge in [0.05, 0.1) is 5.02 Å². The third-order valence-corrected chi connectivity index (χ3v) is 4.86. The van der Waals surface area contributed by atoms with Crippen molar-refractivity contribution in [1.82, 2.24) is 10.3 Å². The molecule has 0 saturated heterocycles. The highest BCUT2D eigenvalue weighted by atomic mass is 35.5. The molecule has 2 nitrogen and oxygen atoms in total. The normalized spacial score (nSPS) is 24.1. The lowest BCUT2D eigenvalue weighted by Gasteiger charge is -2.27. The Hall–Kier alpha value is -0.250. The molecule has 1 aromatic heterocycles. The number of rotatable bonds is 5. The van der Waals surface area contributed by atoms with E-state index < -0.39 is 0 Å². The van der Waals surface area contributed by atoms with Crippen LogP contribution >= 0.6 is 23.4 Å². The lowest BCUT2D eigenvalue weighted by molar-refractivity contribution is 0.306. The van der Waals surface area contributed by atoms with Crippen LogP contribution in [0.4, 0.5) is 0 Å². The van der Waals surface area contributed by atoms with Gasteiger partial charge in [-0.2, -0.15) is 0 Å². The molecular weight excluding hydrogens is 264 g/mol. The summed E-state index contributed by atoms with van der Waals surface area (Å²) >= 11 is 7.80. The fourth-order valence-electron chi connectivity index (χ4n) is 2.51. The molecule has 1 N–H and O–H groups in total. The van der Waals surface area contributed by atoms with Gasteiger partial charge in [0.25, 0.3) is 0 Å². The summed E-state index contributed by atoms with van der Waals surface area (Å²) in [4.78, 5) is 4.28. The monoisotopic (exact) mass is 284 g/mol. The van der Waals surface area contributed by atoms with Gasteiger partial charge in [-0.25, -0.2) is 4.98 Å². The molecule has 18 heavy (non-hydrogen) atoms. The van der Waals surface area contributed by atoms with Gasteiger partial charge in [0.2, 0.25) is 0 Å². The maximum atomic E-state index is 6.07. The van der Waals surface area contributed by atoms with E-state index in [1.54, 1.807) is 18.0 Å². The molecule has 0 aliphatic heterocycles. The van der Waals surface area contributed by atoms with Gasteiger partial charge >= 0.3 is 0 Å². The molecule has 1 saturated carbocycles. The van der Waals surface area contributed by atoms with Crippen LogP contribution in [0.5, 0.6) is 0 Å². The Bertz CT molecular complexity index is 373. The highest BCUT2D eigenvalue weighted by molar-refractivity contribution is 7.99. The van der Waals surface area contributed by atoms with Crippen molar-refractivity contribution in [3.05, 3.63) is 23.4 Å². The Morgan fingerprint density at radius 1 is 1.50 bits per heavy atom. The summed E-state index contributed by atoms with van der Waals surface area (Å²) in [5, 5.41) is 5.35. The van der Waals surface area contributed by atoms with E-state index in [0.717, 1.165) is 28.3 Å². The number of hydrogen-bond acceptors (Lipinski definition) is 3. The topological polar surface area (TPSA) is 24.9 Å². The standard InChI is InChI=1S/C14H21ClN2S/c1-11-4-2-5-12(10-11)16-8-9-18-14-13(15)6-3-7-17-14/h3,6-7,11-12,16H,2,4-5,8-10H2,1H3. The van der Waals surface area contributed by atoms with Crippen molar-refractivity contribution in [3.63, 3.8) is 0 Å². The molecule has 0 radical (unpaired) electrons. The third kappa shape index (κ3) is 4.45. The Kier molecular flexibility index (Phi) is 5.80. The molecule has 4 heteroatoms. The van der Waals surface area contributed by atoms with E-state index in [4.69, 9.17) is 11.6 Å². The Labute approximate surface area is 119 Å². The smallest absolute Gasteiger partial charge is 0.115 e. The number of nitrogens with zero attached hydrogens (tertiary/aromatic N) is 1. The summed E-state index contributed by atoms with van der Waals surface area (Å²) in [6.07, 6.45) is 7.23. The van der Waals surface area contributed by atoms with Crippen molar-refractivity contribution in [2.24, 2.45) is 5.92 Å². The number of hydrogen-bond donors (Lipinski definition) is 1. The zero-order valence-corrected chi connectivity index (χ0v) is 12.4. The van der Waals surface area contributed by atoms with E-state index >= 15 is 0 Å². The van der Waals surface area contributed by atoms with Crippen LogP contribution in [0.1, 0.15) is 32.6 Å². The minimum atomic E-state index is 0.716. The van der Waals surface area contributed by atoms with Gasteiger partial charge in [0.1, 0.15) is 5.03 Å². The van der Waals surface area contributed by atoms with E-state index in [2.05, 4.69) is 17.2 Å². The van der Waals surface area contributed by atoms with Crippen molar-refractivity contribution in [1.29, 1.82) is 0 Å². The van der Waals surface area contributed by atoms with Crippen molar-refractivity contribution in [2.45, 2.75) is 43.7 Å². The summed E-state index contributed by atoms with van der Waals surface area (Å²) in [5.74, 6) is 1.91. The molecular formula is C14H21ClN2S. The number of pyridine rings is 1. The van der Waals surface area contributed by atoms with Crippen LogP contribution in [0.3, 0.4) is 0 Å². The summed E-state index contributed by atoms with van der Waals surface area (Å²) < 4.78 is 0. The first-order valence-electron chi connectivity index (χ1n) is 6.72. The van der Waals surface area contributed by atoms with Gasteiger partial charge in [-0.1, -0.05) is 31.4 Å². The molecule has 0 aromatic carbocycles. The Morgan fingerprint density at radius 3 is 3.17 bits per heavy atom. The van der Waals surface area contributed by atoms with Crippen LogP contribution in [-0.4, -0.2) is 23.3 Å². The predicted molar refractivity (Wildman–Crippen MR) is 79.4 cm³/mol. The van der Waals surface area contributed by atoms with Gasteiger partial charge < -0.3 is 5.32 Å². The molecule has 0 bridgehead atoms. The van der Waals surface area contributed by atoms with E-state index in [1.165, 1.54) is 25.7 Å². The molecule has 100 valence electrons. The van der Waals surface area contributed by atoms with Crippen LogP contribution in [0.25, 0.3) is 0 Å². The number of nitrogens with one attached hydrogen (secondary N) is 1. The molecule has 2 atom stereocenters. The molecule has 0 spiro atoms. The fourth-order valence-corrected chi connectivity index (χ4v) is 3.55. The molecule has 1 aliphatic carbocycles. The number of aromatic nitrogens is 1. The largest absolute Gasteiger partial charge is 0.313 e. The third-order valence-electron chi connectivity index (χ3n) is 3.43. The first-order chi connectivity index (χ1) is 8.75. The zero-order chi connectivity index (χ0) is 12.8.